The van der Waals surface area contributed by atoms with Gasteiger partial charge in [0.2, 0.25) is 0 Å². The van der Waals surface area contributed by atoms with E-state index in [1.54, 1.807) is 17.8 Å². The molecule has 1 aromatic heterocycles. The van der Waals surface area contributed by atoms with Gasteiger partial charge in [-0.2, -0.15) is 0 Å². The van der Waals surface area contributed by atoms with Gasteiger partial charge in [0.1, 0.15) is 11.7 Å². The molecule has 1 aliphatic rings. The molecule has 8 heteroatoms. The van der Waals surface area contributed by atoms with E-state index in [2.05, 4.69) is 38.8 Å². The Balaban J connectivity index is 1.16. The van der Waals surface area contributed by atoms with Crippen LogP contribution >= 0.6 is 11.8 Å². The molecule has 0 saturated heterocycles. The Hall–Kier alpha value is -4.01. The number of hydrogen-bond acceptors (Lipinski definition) is 7. The van der Waals surface area contributed by atoms with Crippen molar-refractivity contribution in [3.63, 3.8) is 0 Å². The lowest BCUT2D eigenvalue weighted by Crippen LogP contribution is -2.19. The lowest BCUT2D eigenvalue weighted by atomic mass is 10.1. The molecule has 4 N–H and O–H groups in total. The number of hydrogen-bond donors (Lipinski definition) is 4. The van der Waals surface area contributed by atoms with Gasteiger partial charge in [0, 0.05) is 22.6 Å². The maximum absolute atomic E-state index is 12.8. The third-order valence-corrected chi connectivity index (χ3v) is 6.05. The second kappa shape index (κ2) is 10.3. The highest BCUT2D eigenvalue weighted by Gasteiger charge is 2.13. The van der Waals surface area contributed by atoms with E-state index in [0.717, 1.165) is 28.4 Å². The van der Waals surface area contributed by atoms with Crippen LogP contribution in [0.25, 0.3) is 11.3 Å². The number of ether oxygens (including phenoxy) is 1. The predicted octanol–water partition coefficient (Wildman–Crippen LogP) is 5.53. The molecule has 1 aliphatic heterocycles. The molecule has 2 heterocycles. The summed E-state index contributed by atoms with van der Waals surface area (Å²) in [5.41, 5.74) is 13.8. The van der Waals surface area contributed by atoms with Crippen LogP contribution in [0.1, 0.15) is 15.9 Å². The molecule has 34 heavy (non-hydrogen) atoms. The first-order valence-electron chi connectivity index (χ1n) is 10.8. The molecule has 0 saturated carbocycles. The summed E-state index contributed by atoms with van der Waals surface area (Å²) in [6.07, 6.45) is 0. The first kappa shape index (κ1) is 21.8. The average Bonchev–Trinajstić information content (AvgIpc) is 3.36. The molecule has 1 amide bonds. The molecular weight excluding hydrogens is 446 g/mol. The Labute approximate surface area is 201 Å². The van der Waals surface area contributed by atoms with E-state index >= 15 is 0 Å². The number of hydrazine groups is 2. The maximum Gasteiger partial charge on any atom is 0.255 e. The van der Waals surface area contributed by atoms with Crippen LogP contribution in [0, 0.1) is 0 Å². The van der Waals surface area contributed by atoms with Gasteiger partial charge in [0.15, 0.2) is 5.82 Å². The summed E-state index contributed by atoms with van der Waals surface area (Å²) in [5.74, 6) is 2.76. The molecule has 0 radical (unpaired) electrons. The molecule has 7 nitrogen and oxygen atoms in total. The fourth-order valence-electron chi connectivity index (χ4n) is 3.47. The molecule has 0 atom stereocenters. The summed E-state index contributed by atoms with van der Waals surface area (Å²) in [6.45, 7) is 0. The first-order valence-corrected chi connectivity index (χ1v) is 11.9. The quantitative estimate of drug-likeness (QED) is 0.199. The molecule has 0 aliphatic carbocycles. The smallest absolute Gasteiger partial charge is 0.255 e. The number of nitrogens with zero attached hydrogens (tertiary/aromatic N) is 1. The summed E-state index contributed by atoms with van der Waals surface area (Å²) in [6, 6.07) is 29.0. The van der Waals surface area contributed by atoms with Gasteiger partial charge in [0.05, 0.1) is 11.4 Å². The Morgan fingerprint density at radius 3 is 2.62 bits per heavy atom. The molecule has 5 rings (SSSR count). The van der Waals surface area contributed by atoms with Crippen LogP contribution in [-0.2, 0) is 5.75 Å². The Kier molecular flexibility index (Phi) is 6.60. The lowest BCUT2D eigenvalue weighted by molar-refractivity contribution is 0.102. The van der Waals surface area contributed by atoms with Gasteiger partial charge in [0.25, 0.3) is 5.91 Å². The van der Waals surface area contributed by atoms with E-state index in [1.807, 2.05) is 72.8 Å². The van der Waals surface area contributed by atoms with Crippen molar-refractivity contribution >= 4 is 34.9 Å². The highest BCUT2D eigenvalue weighted by molar-refractivity contribution is 7.98. The second-order valence-corrected chi connectivity index (χ2v) is 8.56. The standard InChI is InChI=1S/C26H23N5O2S/c32-26(20-8-4-7-19(15-20)23-13-14-24-25(28-23)30-31-29-24)27-21-9-11-22(12-10-21)33-17-34-16-18-5-2-1-3-6-18/h1-15,29,31H,16-17H2,(H,27,32)(H,28,30). The van der Waals surface area contributed by atoms with Crippen molar-refractivity contribution in [2.75, 3.05) is 22.1 Å². The van der Waals surface area contributed by atoms with E-state index in [1.165, 1.54) is 5.56 Å². The van der Waals surface area contributed by atoms with Crippen LogP contribution in [-0.4, -0.2) is 16.8 Å². The number of rotatable bonds is 8. The van der Waals surface area contributed by atoms with Crippen molar-refractivity contribution in [2.45, 2.75) is 5.75 Å². The minimum Gasteiger partial charge on any atom is -0.483 e. The minimum absolute atomic E-state index is 0.184. The zero-order chi connectivity index (χ0) is 23.2. The number of thioether (sulfide) groups is 1. The number of carbonyl (C=O) groups is 1. The summed E-state index contributed by atoms with van der Waals surface area (Å²) in [5, 5.41) is 2.94. The van der Waals surface area contributed by atoms with E-state index < -0.39 is 0 Å². The number of carbonyl (C=O) groups excluding carboxylic acids is 1. The number of fused-ring (bicyclic) bond motifs is 1. The average molecular weight is 470 g/mol. The maximum atomic E-state index is 12.8. The highest BCUT2D eigenvalue weighted by atomic mass is 32.2. The van der Waals surface area contributed by atoms with Gasteiger partial charge in [-0.1, -0.05) is 42.5 Å². The summed E-state index contributed by atoms with van der Waals surface area (Å²) in [7, 11) is 0. The molecule has 0 fully saturated rings. The fourth-order valence-corrected chi connectivity index (χ4v) is 4.21. The van der Waals surface area contributed by atoms with Crippen LogP contribution in [0.5, 0.6) is 5.75 Å². The molecule has 0 spiro atoms. The van der Waals surface area contributed by atoms with Gasteiger partial charge in [-0.15, -0.1) is 17.3 Å². The summed E-state index contributed by atoms with van der Waals surface area (Å²) in [4.78, 5) is 17.4. The Morgan fingerprint density at radius 1 is 0.912 bits per heavy atom. The van der Waals surface area contributed by atoms with Crippen LogP contribution in [0.3, 0.4) is 0 Å². The van der Waals surface area contributed by atoms with Crippen molar-refractivity contribution in [3.05, 3.63) is 102 Å². The second-order valence-electron chi connectivity index (χ2n) is 7.62. The number of aromatic nitrogens is 1. The normalized spacial score (nSPS) is 11.8. The van der Waals surface area contributed by atoms with Gasteiger partial charge in [-0.3, -0.25) is 10.2 Å². The molecule has 4 aromatic rings. The van der Waals surface area contributed by atoms with Crippen molar-refractivity contribution in [1.29, 1.82) is 0 Å². The number of anilines is 3. The molecule has 0 unspecified atom stereocenters. The van der Waals surface area contributed by atoms with E-state index in [0.29, 0.717) is 23.0 Å². The predicted molar refractivity (Wildman–Crippen MR) is 138 cm³/mol. The third kappa shape index (κ3) is 5.31. The SMILES string of the molecule is O=C(Nc1ccc(OCSCc2ccccc2)cc1)c1cccc(-c2ccc3c(n2)NNN3)c1. The number of benzene rings is 3. The van der Waals surface area contributed by atoms with Crippen LogP contribution in [0.2, 0.25) is 0 Å². The zero-order valence-electron chi connectivity index (χ0n) is 18.2. The highest BCUT2D eigenvalue weighted by Crippen LogP contribution is 2.27. The number of pyridine rings is 1. The van der Waals surface area contributed by atoms with Crippen molar-refractivity contribution in [2.24, 2.45) is 0 Å². The van der Waals surface area contributed by atoms with Crippen molar-refractivity contribution in [3.8, 4) is 17.0 Å². The topological polar surface area (TPSA) is 87.3 Å². The Bertz CT molecular complexity index is 1280. The van der Waals surface area contributed by atoms with Gasteiger partial charge in [-0.25, -0.2) is 4.98 Å². The fraction of sp³-hybridized carbons (Fsp3) is 0.0769. The Morgan fingerprint density at radius 2 is 1.76 bits per heavy atom. The lowest BCUT2D eigenvalue weighted by Gasteiger charge is -2.09. The van der Waals surface area contributed by atoms with Gasteiger partial charge >= 0.3 is 0 Å². The molecular formula is C26H23N5O2S. The van der Waals surface area contributed by atoms with Crippen molar-refractivity contribution in [1.82, 2.24) is 10.5 Å². The molecule has 170 valence electrons. The van der Waals surface area contributed by atoms with E-state index in [-0.39, 0.29) is 5.91 Å². The number of amides is 1. The largest absolute Gasteiger partial charge is 0.483 e. The van der Waals surface area contributed by atoms with Crippen molar-refractivity contribution < 1.29 is 9.53 Å². The third-order valence-electron chi connectivity index (χ3n) is 5.23. The minimum atomic E-state index is -0.184. The molecule has 0 bridgehead atoms. The van der Waals surface area contributed by atoms with Crippen LogP contribution in [0.4, 0.5) is 17.2 Å². The van der Waals surface area contributed by atoms with Crippen LogP contribution < -0.4 is 26.4 Å². The first-order chi connectivity index (χ1) is 16.7. The number of nitrogens with one attached hydrogen (secondary N) is 4. The zero-order valence-corrected chi connectivity index (χ0v) is 19.1. The summed E-state index contributed by atoms with van der Waals surface area (Å²) < 4.78 is 5.80. The van der Waals surface area contributed by atoms with E-state index in [4.69, 9.17) is 4.74 Å². The van der Waals surface area contributed by atoms with Crippen LogP contribution in [0.15, 0.2) is 91.0 Å². The van der Waals surface area contributed by atoms with Gasteiger partial charge in [-0.05, 0) is 54.1 Å². The van der Waals surface area contributed by atoms with Gasteiger partial charge < -0.3 is 15.5 Å². The summed E-state index contributed by atoms with van der Waals surface area (Å²) >= 11 is 1.71. The van der Waals surface area contributed by atoms with E-state index in [9.17, 15) is 4.79 Å². The molecule has 3 aromatic carbocycles. The monoisotopic (exact) mass is 469 g/mol.